The summed E-state index contributed by atoms with van der Waals surface area (Å²) >= 11 is 0. The number of rotatable bonds is 9. The van der Waals surface area contributed by atoms with Crippen LogP contribution in [0.3, 0.4) is 0 Å². The number of carbonyl (C=O) groups excluding carboxylic acids is 4. The summed E-state index contributed by atoms with van der Waals surface area (Å²) in [4.78, 5) is 51.6. The van der Waals surface area contributed by atoms with E-state index in [4.69, 9.17) is 52.1 Å². The Morgan fingerprint density at radius 1 is 0.691 bits per heavy atom. The highest BCUT2D eigenvalue weighted by Gasteiger charge is 2.66. The lowest BCUT2D eigenvalue weighted by atomic mass is 9.96. The minimum atomic E-state index is -2.08. The number of benzene rings is 2. The first-order chi connectivity index (χ1) is 26.1. The molecule has 1 spiro atoms. The number of hydrogen-bond acceptors (Lipinski definition) is 15. The molecule has 296 valence electrons. The van der Waals surface area contributed by atoms with Crippen LogP contribution in [0, 0.1) is 0 Å². The number of carbonyl (C=O) groups is 4. The van der Waals surface area contributed by atoms with E-state index in [1.807, 2.05) is 48.5 Å². The fraction of sp³-hybridized carbons (Fsp3) is 0.500. The number of esters is 4. The minimum Gasteiger partial charge on any atom is -0.460 e. The SMILES string of the molecule is CC(=O)O[C@@H]1[C@H]2OC(C)(C)OC[C@@]3(O[C@H]2O[C@@H]2COC(C)(C)O[C@@H]12)O[C@H](COC(=O)/C=C/c1ccccc1)[C@@H](OC(C)=O)[C@@H]3OC(=O)/C=C/c1ccccc1. The first kappa shape index (κ1) is 40.2. The van der Waals surface area contributed by atoms with E-state index >= 15 is 0 Å². The van der Waals surface area contributed by atoms with Crippen LogP contribution in [-0.4, -0.2) is 110 Å². The van der Waals surface area contributed by atoms with Crippen molar-refractivity contribution in [1.29, 1.82) is 0 Å². The fourth-order valence-electron chi connectivity index (χ4n) is 6.71. The standard InChI is InChI=1S/C40H46O15/c1-24(41)48-33-29(21-45-30(43)19-17-26-13-9-7-10-14-26)52-40(36(33)51-31(44)20-18-27-15-11-8-12-16-27)23-47-39(5,6)54-35-34(49-25(2)42)32-28(50-37(35)55-40)22-46-38(3,4)53-32/h7-20,28-29,32-37H,21-23H2,1-6H3/b19-17+,20-18+/t28-,29-,32-,33-,34+,35-,36+,37-,40+/m1/s1. The molecule has 0 aromatic heterocycles. The van der Waals surface area contributed by atoms with Gasteiger partial charge in [0.15, 0.2) is 42.3 Å². The molecular weight excluding hydrogens is 720 g/mol. The lowest BCUT2D eigenvalue weighted by Crippen LogP contribution is -2.70. The summed E-state index contributed by atoms with van der Waals surface area (Å²) < 4.78 is 67.4. The second-order valence-electron chi connectivity index (χ2n) is 14.3. The van der Waals surface area contributed by atoms with Crippen LogP contribution in [0.25, 0.3) is 12.2 Å². The van der Waals surface area contributed by atoms with Gasteiger partial charge in [-0.15, -0.1) is 0 Å². The third kappa shape index (κ3) is 10.0. The lowest BCUT2D eigenvalue weighted by molar-refractivity contribution is -0.454. The van der Waals surface area contributed by atoms with Crippen molar-refractivity contribution in [2.75, 3.05) is 19.8 Å². The van der Waals surface area contributed by atoms with E-state index in [2.05, 4.69) is 0 Å². The van der Waals surface area contributed by atoms with E-state index in [0.717, 1.165) is 11.1 Å². The van der Waals surface area contributed by atoms with Crippen molar-refractivity contribution in [3.8, 4) is 0 Å². The monoisotopic (exact) mass is 766 g/mol. The summed E-state index contributed by atoms with van der Waals surface area (Å²) in [5.74, 6) is -7.48. The molecule has 0 amide bonds. The van der Waals surface area contributed by atoms with Gasteiger partial charge < -0.3 is 52.1 Å². The molecule has 4 aliphatic heterocycles. The number of hydrogen-bond donors (Lipinski definition) is 0. The molecule has 55 heavy (non-hydrogen) atoms. The molecule has 15 heteroatoms. The van der Waals surface area contributed by atoms with E-state index in [9.17, 15) is 19.2 Å². The van der Waals surface area contributed by atoms with Crippen molar-refractivity contribution < 1.29 is 71.3 Å². The molecule has 15 nitrogen and oxygen atoms in total. The number of ether oxygens (including phenoxy) is 11. The van der Waals surface area contributed by atoms with E-state index < -0.39 is 103 Å². The van der Waals surface area contributed by atoms with Crippen LogP contribution in [0.5, 0.6) is 0 Å². The van der Waals surface area contributed by atoms with Crippen LogP contribution < -0.4 is 0 Å². The summed E-state index contributed by atoms with van der Waals surface area (Å²) in [5, 5.41) is 0. The van der Waals surface area contributed by atoms with Crippen molar-refractivity contribution in [2.24, 2.45) is 0 Å². The maximum atomic E-state index is 13.6. The van der Waals surface area contributed by atoms with Gasteiger partial charge in [0.2, 0.25) is 5.79 Å². The Bertz CT molecular complexity index is 1740. The van der Waals surface area contributed by atoms with Gasteiger partial charge in [0.05, 0.1) is 6.61 Å². The molecule has 2 aromatic rings. The van der Waals surface area contributed by atoms with Gasteiger partial charge in [0.1, 0.15) is 31.5 Å². The predicted molar refractivity (Wildman–Crippen MR) is 190 cm³/mol. The van der Waals surface area contributed by atoms with E-state index in [1.165, 1.54) is 26.0 Å². The van der Waals surface area contributed by atoms with Gasteiger partial charge >= 0.3 is 23.9 Å². The minimum absolute atomic E-state index is 0.0314. The Morgan fingerprint density at radius 3 is 1.87 bits per heavy atom. The molecule has 0 saturated carbocycles. The molecule has 4 aliphatic rings. The average Bonchev–Trinajstić information content (AvgIpc) is 3.40. The number of fused-ring (bicyclic) bond motifs is 2. The Kier molecular flexibility index (Phi) is 12.2. The zero-order valence-electron chi connectivity index (χ0n) is 31.4. The predicted octanol–water partition coefficient (Wildman–Crippen LogP) is 3.87. The van der Waals surface area contributed by atoms with Crippen molar-refractivity contribution in [1.82, 2.24) is 0 Å². The largest absolute Gasteiger partial charge is 0.460 e. The molecule has 4 saturated heterocycles. The Labute approximate surface area is 318 Å². The summed E-state index contributed by atoms with van der Waals surface area (Å²) in [7, 11) is 0. The summed E-state index contributed by atoms with van der Waals surface area (Å²) in [5.41, 5.74) is 1.48. The highest BCUT2D eigenvalue weighted by Crippen LogP contribution is 2.45. The first-order valence-corrected chi connectivity index (χ1v) is 17.9. The van der Waals surface area contributed by atoms with Crippen molar-refractivity contribution in [2.45, 2.75) is 108 Å². The van der Waals surface area contributed by atoms with Crippen LogP contribution in [0.2, 0.25) is 0 Å². The van der Waals surface area contributed by atoms with Crippen molar-refractivity contribution in [3.63, 3.8) is 0 Å². The molecule has 2 aromatic carbocycles. The summed E-state index contributed by atoms with van der Waals surface area (Å²) in [6.07, 6.45) is -3.97. The maximum Gasteiger partial charge on any atom is 0.331 e. The molecular formula is C40H46O15. The van der Waals surface area contributed by atoms with Crippen LogP contribution >= 0.6 is 0 Å². The quantitative estimate of drug-likeness (QED) is 0.205. The van der Waals surface area contributed by atoms with E-state index in [-0.39, 0.29) is 6.61 Å². The Balaban J connectivity index is 1.35. The smallest absolute Gasteiger partial charge is 0.331 e. The van der Waals surface area contributed by atoms with Crippen LogP contribution in [0.15, 0.2) is 72.8 Å². The van der Waals surface area contributed by atoms with Crippen LogP contribution in [0.4, 0.5) is 0 Å². The van der Waals surface area contributed by atoms with Crippen molar-refractivity contribution >= 4 is 36.0 Å². The van der Waals surface area contributed by atoms with Gasteiger partial charge in [-0.05, 0) is 51.0 Å². The molecule has 9 atom stereocenters. The molecule has 0 unspecified atom stereocenters. The molecule has 0 N–H and O–H groups in total. The zero-order chi connectivity index (χ0) is 39.4. The van der Waals surface area contributed by atoms with E-state index in [1.54, 1.807) is 52.0 Å². The lowest BCUT2D eigenvalue weighted by Gasteiger charge is -2.53. The summed E-state index contributed by atoms with van der Waals surface area (Å²) in [6, 6.07) is 18.2. The average molecular weight is 767 g/mol. The third-order valence-electron chi connectivity index (χ3n) is 9.07. The van der Waals surface area contributed by atoms with Crippen LogP contribution in [-0.2, 0) is 71.3 Å². The van der Waals surface area contributed by atoms with Gasteiger partial charge in [-0.3, -0.25) is 9.59 Å². The molecule has 4 heterocycles. The van der Waals surface area contributed by atoms with E-state index in [0.29, 0.717) is 0 Å². The van der Waals surface area contributed by atoms with Gasteiger partial charge in [0, 0.05) is 26.0 Å². The molecule has 4 fully saturated rings. The fourth-order valence-corrected chi connectivity index (χ4v) is 6.71. The normalized spacial score (nSPS) is 32.5. The molecule has 0 bridgehead atoms. The van der Waals surface area contributed by atoms with Gasteiger partial charge in [-0.2, -0.15) is 0 Å². The third-order valence-corrected chi connectivity index (χ3v) is 9.07. The highest BCUT2D eigenvalue weighted by atomic mass is 16.9. The topological polar surface area (TPSA) is 170 Å². The second kappa shape index (κ2) is 16.7. The van der Waals surface area contributed by atoms with Gasteiger partial charge in [0.25, 0.3) is 0 Å². The molecule has 0 aliphatic carbocycles. The summed E-state index contributed by atoms with van der Waals surface area (Å²) in [6.45, 7) is 8.21. The van der Waals surface area contributed by atoms with Crippen LogP contribution in [0.1, 0.15) is 52.7 Å². The molecule has 6 rings (SSSR count). The first-order valence-electron chi connectivity index (χ1n) is 17.9. The highest BCUT2D eigenvalue weighted by molar-refractivity contribution is 5.87. The van der Waals surface area contributed by atoms with Crippen molar-refractivity contribution in [3.05, 3.63) is 83.9 Å². The second-order valence-corrected chi connectivity index (χ2v) is 14.3. The maximum absolute atomic E-state index is 13.6. The van der Waals surface area contributed by atoms with Gasteiger partial charge in [-0.1, -0.05) is 60.7 Å². The molecule has 0 radical (unpaired) electrons. The Morgan fingerprint density at radius 2 is 1.25 bits per heavy atom. The Hall–Kier alpha value is -4.48. The van der Waals surface area contributed by atoms with Gasteiger partial charge in [-0.25, -0.2) is 9.59 Å². The zero-order valence-corrected chi connectivity index (χ0v) is 31.4.